The van der Waals surface area contributed by atoms with Crippen molar-refractivity contribution in [2.24, 2.45) is 17.2 Å². The molecule has 12 nitrogen and oxygen atoms in total. The summed E-state index contributed by atoms with van der Waals surface area (Å²) in [5, 5.41) is 17.5. The van der Waals surface area contributed by atoms with E-state index in [9.17, 15) is 22.8 Å². The minimum absolute atomic E-state index is 0.0847. The third-order valence-electron chi connectivity index (χ3n) is 2.45. The molecule has 26 heavy (non-hydrogen) atoms. The molecule has 1 rings (SSSR count). The number of hydrogen-bond donors (Lipinski definition) is 2. The number of sulfonamides is 1. The second-order valence-corrected chi connectivity index (χ2v) is 8.75. The van der Waals surface area contributed by atoms with E-state index in [0.717, 1.165) is 4.68 Å². The molecular formula is C12H19N5O7S2. The van der Waals surface area contributed by atoms with Crippen LogP contribution in [0.3, 0.4) is 0 Å². The van der Waals surface area contributed by atoms with E-state index in [-0.39, 0.29) is 4.80 Å². The molecule has 14 heteroatoms. The zero-order valence-corrected chi connectivity index (χ0v) is 16.1. The van der Waals surface area contributed by atoms with E-state index in [1.807, 2.05) is 0 Å². The summed E-state index contributed by atoms with van der Waals surface area (Å²) in [5.74, 6) is -2.24. The van der Waals surface area contributed by atoms with E-state index >= 15 is 0 Å². The summed E-state index contributed by atoms with van der Waals surface area (Å²) in [7, 11) is -2.71. The number of hydrogen-bond acceptors (Lipinski definition) is 8. The molecule has 0 radical (unpaired) electrons. The van der Waals surface area contributed by atoms with Gasteiger partial charge in [-0.3, -0.25) is 14.5 Å². The molecule has 0 atom stereocenters. The molecule has 0 aliphatic heterocycles. The van der Waals surface area contributed by atoms with E-state index in [1.54, 1.807) is 20.8 Å². The standard InChI is InChI=1S/C12H19N5O7S2/c1-12(2,3)24-11(21)17(6-8(19)20)5-7(18)14-9-16(4)15-10(25-9)26(13,22)23/h5-6H2,1-4H3,(H,19,20)(H2,13,22,23). The summed E-state index contributed by atoms with van der Waals surface area (Å²) in [6, 6.07) is 0. The summed E-state index contributed by atoms with van der Waals surface area (Å²) < 4.78 is 28.1. The van der Waals surface area contributed by atoms with Gasteiger partial charge in [0.1, 0.15) is 18.7 Å². The van der Waals surface area contributed by atoms with Crippen molar-refractivity contribution in [3.05, 3.63) is 4.80 Å². The molecule has 0 aliphatic rings. The van der Waals surface area contributed by atoms with Gasteiger partial charge in [-0.05, 0) is 20.8 Å². The Bertz CT molecular complexity index is 879. The monoisotopic (exact) mass is 409 g/mol. The highest BCUT2D eigenvalue weighted by Gasteiger charge is 2.26. The molecule has 146 valence electrons. The van der Waals surface area contributed by atoms with Crippen LogP contribution in [0.25, 0.3) is 0 Å². The first-order chi connectivity index (χ1) is 11.7. The fourth-order valence-corrected chi connectivity index (χ4v) is 3.08. The Morgan fingerprint density at radius 2 is 1.92 bits per heavy atom. The number of nitrogens with two attached hydrogens (primary N) is 1. The van der Waals surface area contributed by atoms with Crippen LogP contribution in [-0.4, -0.2) is 64.9 Å². The first-order valence-corrected chi connectivity index (χ1v) is 9.39. The highest BCUT2D eigenvalue weighted by Crippen LogP contribution is 2.10. The minimum atomic E-state index is -4.06. The molecule has 0 spiro atoms. The molecule has 2 amide bonds. The summed E-state index contributed by atoms with van der Waals surface area (Å²) in [6.07, 6.45) is -0.998. The van der Waals surface area contributed by atoms with Crippen molar-refractivity contribution in [1.82, 2.24) is 14.7 Å². The van der Waals surface area contributed by atoms with Crippen LogP contribution in [0.2, 0.25) is 0 Å². The van der Waals surface area contributed by atoms with Crippen LogP contribution in [0, 0.1) is 0 Å². The van der Waals surface area contributed by atoms with Crippen molar-refractivity contribution in [2.75, 3.05) is 13.1 Å². The van der Waals surface area contributed by atoms with Crippen LogP contribution >= 0.6 is 11.3 Å². The van der Waals surface area contributed by atoms with E-state index in [2.05, 4.69) is 10.1 Å². The Labute approximate surface area is 152 Å². The number of aromatic nitrogens is 2. The average Bonchev–Trinajstić information content (AvgIpc) is 2.76. The van der Waals surface area contributed by atoms with Crippen LogP contribution in [0.15, 0.2) is 9.33 Å². The number of carbonyl (C=O) groups excluding carboxylic acids is 2. The van der Waals surface area contributed by atoms with E-state index < -0.39 is 51.0 Å². The van der Waals surface area contributed by atoms with Crippen LogP contribution in [-0.2, 0) is 31.4 Å². The number of aryl methyl sites for hydroxylation is 1. The molecular weight excluding hydrogens is 390 g/mol. The normalized spacial score (nSPS) is 12.7. The molecule has 1 heterocycles. The van der Waals surface area contributed by atoms with Crippen molar-refractivity contribution < 1.29 is 32.6 Å². The highest BCUT2D eigenvalue weighted by molar-refractivity contribution is 7.91. The number of carbonyl (C=O) groups is 3. The largest absolute Gasteiger partial charge is 0.480 e. The molecule has 3 N–H and O–H groups in total. The maximum Gasteiger partial charge on any atom is 0.411 e. The zero-order chi connectivity index (χ0) is 20.3. The van der Waals surface area contributed by atoms with E-state index in [0.29, 0.717) is 16.2 Å². The maximum atomic E-state index is 12.1. The predicted molar refractivity (Wildman–Crippen MR) is 88.5 cm³/mol. The van der Waals surface area contributed by atoms with Crippen LogP contribution < -0.4 is 9.94 Å². The van der Waals surface area contributed by atoms with Crippen molar-refractivity contribution >= 4 is 39.3 Å². The molecule has 0 unspecified atom stereocenters. The minimum Gasteiger partial charge on any atom is -0.480 e. The van der Waals surface area contributed by atoms with E-state index in [1.165, 1.54) is 7.05 Å². The van der Waals surface area contributed by atoms with Gasteiger partial charge in [-0.25, -0.2) is 23.0 Å². The molecule has 0 saturated heterocycles. The lowest BCUT2D eigenvalue weighted by molar-refractivity contribution is -0.138. The quantitative estimate of drug-likeness (QED) is 0.614. The van der Waals surface area contributed by atoms with Gasteiger partial charge in [-0.15, -0.1) is 5.10 Å². The number of amides is 2. The van der Waals surface area contributed by atoms with Crippen molar-refractivity contribution in [1.29, 1.82) is 0 Å². The van der Waals surface area contributed by atoms with Gasteiger partial charge in [0.05, 0.1) is 0 Å². The third-order valence-corrected chi connectivity index (χ3v) is 4.76. The fourth-order valence-electron chi connectivity index (χ4n) is 1.52. The van der Waals surface area contributed by atoms with Crippen molar-refractivity contribution in [3.63, 3.8) is 0 Å². The Balaban J connectivity index is 3.05. The average molecular weight is 409 g/mol. The lowest BCUT2D eigenvalue weighted by Crippen LogP contribution is -2.42. The number of carboxylic acid groups (broad SMARTS) is 1. The van der Waals surface area contributed by atoms with Gasteiger partial charge >= 0.3 is 12.1 Å². The van der Waals surface area contributed by atoms with Gasteiger partial charge in [0.2, 0.25) is 9.14 Å². The molecule has 0 aromatic carbocycles. The Morgan fingerprint density at radius 3 is 2.35 bits per heavy atom. The summed E-state index contributed by atoms with van der Waals surface area (Å²) in [5.41, 5.74) is -0.886. The fraction of sp³-hybridized carbons (Fsp3) is 0.583. The number of ether oxygens (including phenoxy) is 1. The number of primary sulfonamides is 1. The maximum absolute atomic E-state index is 12.1. The van der Waals surface area contributed by atoms with Crippen LogP contribution in [0.4, 0.5) is 4.79 Å². The molecule has 1 aromatic rings. The summed E-state index contributed by atoms with van der Waals surface area (Å²) >= 11 is 0.555. The molecule has 0 bridgehead atoms. The van der Waals surface area contributed by atoms with Gasteiger partial charge in [0.25, 0.3) is 15.9 Å². The smallest absolute Gasteiger partial charge is 0.411 e. The third kappa shape index (κ3) is 6.89. The predicted octanol–water partition coefficient (Wildman–Crippen LogP) is -1.12. The number of aliphatic carboxylic acids is 1. The van der Waals surface area contributed by atoms with Gasteiger partial charge in [0.15, 0.2) is 0 Å². The SMILES string of the molecule is Cn1nc(S(N)(=O)=O)sc1=NC(=O)CN(CC(=O)O)C(=O)OC(C)(C)C. The zero-order valence-electron chi connectivity index (χ0n) is 14.5. The number of carboxylic acids is 1. The molecule has 0 saturated carbocycles. The number of rotatable bonds is 5. The van der Waals surface area contributed by atoms with Crippen LogP contribution in [0.5, 0.6) is 0 Å². The second kappa shape index (κ2) is 7.92. The Morgan fingerprint density at radius 1 is 1.35 bits per heavy atom. The first-order valence-electron chi connectivity index (χ1n) is 7.03. The summed E-state index contributed by atoms with van der Waals surface area (Å²) in [4.78, 5) is 39.2. The van der Waals surface area contributed by atoms with Crippen molar-refractivity contribution in [3.8, 4) is 0 Å². The Hall–Kier alpha value is -2.32. The van der Waals surface area contributed by atoms with Crippen molar-refractivity contribution in [2.45, 2.75) is 30.7 Å². The second-order valence-electron chi connectivity index (χ2n) is 6.05. The Kier molecular flexibility index (Phi) is 6.62. The van der Waals surface area contributed by atoms with Crippen LogP contribution in [0.1, 0.15) is 20.8 Å². The highest BCUT2D eigenvalue weighted by atomic mass is 32.2. The van der Waals surface area contributed by atoms with Gasteiger partial charge in [-0.1, -0.05) is 11.3 Å². The molecule has 0 fully saturated rings. The lowest BCUT2D eigenvalue weighted by atomic mass is 10.2. The first kappa shape index (κ1) is 21.7. The lowest BCUT2D eigenvalue weighted by Gasteiger charge is -2.25. The number of nitrogens with zero attached hydrogens (tertiary/aromatic N) is 4. The van der Waals surface area contributed by atoms with E-state index in [4.69, 9.17) is 15.0 Å². The summed E-state index contributed by atoms with van der Waals surface area (Å²) in [6.45, 7) is 3.31. The van der Waals surface area contributed by atoms with Gasteiger partial charge in [0, 0.05) is 7.05 Å². The molecule has 0 aliphatic carbocycles. The van der Waals surface area contributed by atoms with Gasteiger partial charge in [-0.2, -0.15) is 4.99 Å². The topological polar surface area (TPSA) is 174 Å². The van der Waals surface area contributed by atoms with Gasteiger partial charge < -0.3 is 9.84 Å². The molecule has 1 aromatic heterocycles.